The summed E-state index contributed by atoms with van der Waals surface area (Å²) in [4.78, 5) is 38.4. The van der Waals surface area contributed by atoms with Gasteiger partial charge in [0.2, 0.25) is 0 Å². The van der Waals surface area contributed by atoms with Crippen LogP contribution >= 0.6 is 0 Å². The Kier molecular flexibility index (Phi) is 4.43. The molecule has 0 saturated heterocycles. The molecule has 1 amide bonds. The van der Waals surface area contributed by atoms with E-state index in [9.17, 15) is 32.7 Å². The second-order valence-electron chi connectivity index (χ2n) is 5.19. The lowest BCUT2D eigenvalue weighted by Gasteiger charge is -2.14. The molecule has 134 valence electrons. The largest absolute Gasteiger partial charge is 0.506 e. The van der Waals surface area contributed by atoms with Gasteiger partial charge in [0, 0.05) is 7.05 Å². The van der Waals surface area contributed by atoms with Crippen LogP contribution in [0.15, 0.2) is 16.9 Å². The zero-order valence-electron chi connectivity index (χ0n) is 12.9. The van der Waals surface area contributed by atoms with Gasteiger partial charge >= 0.3 is 12.1 Å². The second kappa shape index (κ2) is 6.07. The van der Waals surface area contributed by atoms with E-state index in [1.165, 1.54) is 0 Å². The third-order valence-electron chi connectivity index (χ3n) is 3.44. The number of nitrogens with zero attached hydrogens (tertiary/aromatic N) is 2. The first-order valence-corrected chi connectivity index (χ1v) is 6.78. The number of amides is 1. The van der Waals surface area contributed by atoms with Crippen LogP contribution in [-0.2, 0) is 18.0 Å². The average molecular weight is 359 g/mol. The number of aromatic hydroxyl groups is 1. The third-order valence-corrected chi connectivity index (χ3v) is 3.44. The van der Waals surface area contributed by atoms with E-state index in [-0.39, 0.29) is 5.39 Å². The highest BCUT2D eigenvalue weighted by molar-refractivity contribution is 6.02. The zero-order valence-corrected chi connectivity index (χ0v) is 12.9. The highest BCUT2D eigenvalue weighted by Crippen LogP contribution is 2.31. The molecule has 8 nitrogen and oxygen atoms in total. The quantitative estimate of drug-likeness (QED) is 0.747. The van der Waals surface area contributed by atoms with Gasteiger partial charge in [-0.15, -0.1) is 0 Å². The molecule has 0 fully saturated rings. The lowest BCUT2D eigenvalue weighted by molar-refractivity contribution is -0.141. The van der Waals surface area contributed by atoms with Gasteiger partial charge in [-0.05, 0) is 19.1 Å². The fourth-order valence-electron chi connectivity index (χ4n) is 2.08. The maximum Gasteiger partial charge on any atom is 0.433 e. The minimum absolute atomic E-state index is 0.261. The maximum absolute atomic E-state index is 12.7. The minimum atomic E-state index is -4.76. The van der Waals surface area contributed by atoms with E-state index in [0.29, 0.717) is 10.6 Å². The maximum atomic E-state index is 12.7. The molecule has 0 saturated carbocycles. The van der Waals surface area contributed by atoms with E-state index in [1.807, 2.05) is 5.32 Å². The number of carboxylic acid groups (broad SMARTS) is 1. The number of nitrogens with one attached hydrogen (secondary N) is 1. The summed E-state index contributed by atoms with van der Waals surface area (Å²) in [5.74, 6) is -3.42. The fraction of sp³-hybridized carbons (Fsp3) is 0.286. The third kappa shape index (κ3) is 3.25. The predicted molar refractivity (Wildman–Crippen MR) is 78.2 cm³/mol. The summed E-state index contributed by atoms with van der Waals surface area (Å²) in [7, 11) is 1.08. The van der Waals surface area contributed by atoms with Gasteiger partial charge in [0.15, 0.2) is 0 Å². The zero-order chi connectivity index (χ0) is 19.1. The van der Waals surface area contributed by atoms with Crippen molar-refractivity contribution in [1.82, 2.24) is 14.9 Å². The van der Waals surface area contributed by atoms with Gasteiger partial charge in [0.05, 0.1) is 5.39 Å². The van der Waals surface area contributed by atoms with Crippen molar-refractivity contribution in [2.24, 2.45) is 7.05 Å². The van der Waals surface area contributed by atoms with Crippen molar-refractivity contribution in [2.45, 2.75) is 19.1 Å². The molecule has 25 heavy (non-hydrogen) atoms. The second-order valence-corrected chi connectivity index (χ2v) is 5.19. The number of halogens is 3. The Morgan fingerprint density at radius 1 is 1.32 bits per heavy atom. The van der Waals surface area contributed by atoms with Crippen molar-refractivity contribution in [3.05, 3.63) is 33.7 Å². The average Bonchev–Trinajstić information content (AvgIpc) is 2.51. The molecule has 3 N–H and O–H groups in total. The number of rotatable bonds is 3. The summed E-state index contributed by atoms with van der Waals surface area (Å²) in [6.45, 7) is 1.14. The molecule has 0 aliphatic carbocycles. The van der Waals surface area contributed by atoms with Gasteiger partial charge in [-0.25, -0.2) is 4.98 Å². The van der Waals surface area contributed by atoms with Crippen molar-refractivity contribution in [2.75, 3.05) is 0 Å². The van der Waals surface area contributed by atoms with E-state index in [2.05, 4.69) is 4.98 Å². The number of aromatic nitrogens is 2. The first kappa shape index (κ1) is 18.2. The first-order chi connectivity index (χ1) is 11.4. The molecule has 1 atom stereocenters. The standard InChI is InChI=1S/C14H12F3N3O5/c1-5(13(24)25)18-11(22)8-9(21)6-3-4-7(14(15,16)17)19-10(6)20(2)12(8)23/h3-5,21H,1-2H3,(H,18,22)(H,24,25)/t5-/m0/s1. The molecular formula is C14H12F3N3O5. The van der Waals surface area contributed by atoms with Crippen molar-refractivity contribution < 1.29 is 33.0 Å². The summed E-state index contributed by atoms with van der Waals surface area (Å²) >= 11 is 0. The van der Waals surface area contributed by atoms with Crippen molar-refractivity contribution in [3.8, 4) is 5.75 Å². The van der Waals surface area contributed by atoms with Gasteiger partial charge in [0.25, 0.3) is 11.5 Å². The molecule has 0 aliphatic heterocycles. The Morgan fingerprint density at radius 2 is 1.92 bits per heavy atom. The van der Waals surface area contributed by atoms with Crippen LogP contribution in [0.3, 0.4) is 0 Å². The summed E-state index contributed by atoms with van der Waals surface area (Å²) in [5.41, 5.74) is -3.65. The van der Waals surface area contributed by atoms with E-state index >= 15 is 0 Å². The van der Waals surface area contributed by atoms with E-state index < -0.39 is 52.3 Å². The van der Waals surface area contributed by atoms with Crippen molar-refractivity contribution in [3.63, 3.8) is 0 Å². The van der Waals surface area contributed by atoms with Crippen molar-refractivity contribution >= 4 is 22.9 Å². The van der Waals surface area contributed by atoms with Crippen LogP contribution in [0.1, 0.15) is 23.0 Å². The number of carbonyl (C=O) groups excluding carboxylic acids is 1. The topological polar surface area (TPSA) is 122 Å². The first-order valence-electron chi connectivity index (χ1n) is 6.78. The van der Waals surface area contributed by atoms with Gasteiger partial charge in [-0.2, -0.15) is 13.2 Å². The molecule has 0 radical (unpaired) electrons. The molecule has 2 heterocycles. The van der Waals surface area contributed by atoms with Crippen molar-refractivity contribution in [1.29, 1.82) is 0 Å². The van der Waals surface area contributed by atoms with Gasteiger partial charge in [-0.3, -0.25) is 19.0 Å². The number of aliphatic carboxylic acids is 1. The molecule has 0 aliphatic rings. The van der Waals surface area contributed by atoms with Gasteiger partial charge in [-0.1, -0.05) is 0 Å². The Hall–Kier alpha value is -3.11. The van der Waals surface area contributed by atoms with Crippen LogP contribution in [0.25, 0.3) is 11.0 Å². The minimum Gasteiger partial charge on any atom is -0.506 e. The van der Waals surface area contributed by atoms with Crippen LogP contribution in [0.2, 0.25) is 0 Å². The summed E-state index contributed by atoms with van der Waals surface area (Å²) < 4.78 is 38.9. The van der Waals surface area contributed by atoms with Gasteiger partial charge < -0.3 is 15.5 Å². The Morgan fingerprint density at radius 3 is 2.44 bits per heavy atom. The van der Waals surface area contributed by atoms with Crippen LogP contribution in [0.4, 0.5) is 13.2 Å². The molecule has 2 aromatic rings. The lowest BCUT2D eigenvalue weighted by atomic mass is 10.1. The fourth-order valence-corrected chi connectivity index (χ4v) is 2.08. The number of carbonyl (C=O) groups is 2. The lowest BCUT2D eigenvalue weighted by Crippen LogP contribution is -2.41. The molecule has 11 heteroatoms. The Balaban J connectivity index is 2.67. The normalized spacial score (nSPS) is 12.8. The molecule has 0 bridgehead atoms. The summed E-state index contributed by atoms with van der Waals surface area (Å²) in [5, 5.41) is 20.6. The smallest absolute Gasteiger partial charge is 0.433 e. The highest BCUT2D eigenvalue weighted by Gasteiger charge is 2.33. The van der Waals surface area contributed by atoms with Crippen LogP contribution in [0, 0.1) is 0 Å². The van der Waals surface area contributed by atoms with Crippen LogP contribution in [-0.4, -0.2) is 37.7 Å². The predicted octanol–water partition coefficient (Wildman–Crippen LogP) is 0.861. The Bertz CT molecular complexity index is 936. The van der Waals surface area contributed by atoms with Crippen LogP contribution < -0.4 is 10.9 Å². The van der Waals surface area contributed by atoms with Gasteiger partial charge in [0.1, 0.15) is 28.7 Å². The molecular weight excluding hydrogens is 347 g/mol. The molecule has 0 spiro atoms. The number of alkyl halides is 3. The number of carboxylic acids is 1. The molecule has 0 aromatic carbocycles. The summed E-state index contributed by atoms with van der Waals surface area (Å²) in [6, 6.07) is 0.115. The van der Waals surface area contributed by atoms with E-state index in [4.69, 9.17) is 5.11 Å². The van der Waals surface area contributed by atoms with E-state index in [1.54, 1.807) is 0 Å². The number of hydrogen-bond donors (Lipinski definition) is 3. The SMILES string of the molecule is C[C@H](NC(=O)c1c(O)c2ccc(C(F)(F)F)nc2n(C)c1=O)C(=O)O. The van der Waals surface area contributed by atoms with Crippen LogP contribution in [0.5, 0.6) is 5.75 Å². The number of fused-ring (bicyclic) bond motifs is 1. The number of hydrogen-bond acceptors (Lipinski definition) is 5. The number of pyridine rings is 2. The monoisotopic (exact) mass is 359 g/mol. The number of aryl methyl sites for hydroxylation is 1. The molecule has 2 rings (SSSR count). The highest BCUT2D eigenvalue weighted by atomic mass is 19.4. The molecule has 2 aromatic heterocycles. The summed E-state index contributed by atoms with van der Waals surface area (Å²) in [6.07, 6.45) is -4.76. The molecule has 0 unspecified atom stereocenters. The van der Waals surface area contributed by atoms with E-state index in [0.717, 1.165) is 20.0 Å². The Labute approximate surface area is 137 Å².